The first kappa shape index (κ1) is 15.7. The second-order valence-electron chi connectivity index (χ2n) is 4.65. The summed E-state index contributed by atoms with van der Waals surface area (Å²) in [6.45, 7) is 3.63. The molecule has 6 heteroatoms. The number of nitrogens with zero attached hydrogens (tertiary/aromatic N) is 1. The van der Waals surface area contributed by atoms with E-state index in [1.165, 1.54) is 0 Å². The van der Waals surface area contributed by atoms with Crippen molar-refractivity contribution in [1.29, 1.82) is 0 Å². The Morgan fingerprint density at radius 2 is 2.14 bits per heavy atom. The minimum absolute atomic E-state index is 0.256. The zero-order valence-corrected chi connectivity index (χ0v) is 13.3. The quantitative estimate of drug-likeness (QED) is 0.624. The van der Waals surface area contributed by atoms with Crippen molar-refractivity contribution >= 4 is 46.3 Å². The Morgan fingerprint density at radius 1 is 1.48 bits per heavy atom. The second-order valence-corrected chi connectivity index (χ2v) is 6.33. The maximum atomic E-state index is 12.4. The lowest BCUT2D eigenvalue weighted by Crippen LogP contribution is -2.49. The molecule has 1 fully saturated rings. The molecule has 1 amide bonds. The van der Waals surface area contributed by atoms with E-state index in [0.717, 1.165) is 27.8 Å². The molecule has 0 saturated carbocycles. The molecular formula is C15H14NO3S2-. The van der Waals surface area contributed by atoms with Gasteiger partial charge >= 0.3 is 0 Å². The predicted molar refractivity (Wildman–Crippen MR) is 85.3 cm³/mol. The fourth-order valence-corrected chi connectivity index (χ4v) is 3.44. The number of amides is 1. The highest BCUT2D eigenvalue weighted by atomic mass is 32.2. The van der Waals surface area contributed by atoms with Crippen LogP contribution in [-0.4, -0.2) is 27.1 Å². The molecule has 1 saturated heterocycles. The number of carbonyl (C=O) groups excluding carboxylic acids is 2. The molecule has 21 heavy (non-hydrogen) atoms. The van der Waals surface area contributed by atoms with Crippen molar-refractivity contribution in [2.45, 2.75) is 26.3 Å². The second kappa shape index (κ2) is 6.41. The van der Waals surface area contributed by atoms with Crippen LogP contribution in [0, 0.1) is 6.92 Å². The summed E-state index contributed by atoms with van der Waals surface area (Å²) in [6.07, 6.45) is 2.00. The lowest BCUT2D eigenvalue weighted by atomic mass is 10.1. The third kappa shape index (κ3) is 3.16. The van der Waals surface area contributed by atoms with E-state index in [-0.39, 0.29) is 16.6 Å². The maximum Gasteiger partial charge on any atom is 0.266 e. The van der Waals surface area contributed by atoms with Gasteiger partial charge in [0.2, 0.25) is 0 Å². The van der Waals surface area contributed by atoms with Gasteiger partial charge in [-0.25, -0.2) is 0 Å². The number of hydrogen-bond donors (Lipinski definition) is 0. The minimum Gasteiger partial charge on any atom is -0.548 e. The first-order valence-electron chi connectivity index (χ1n) is 6.49. The number of aryl methyl sites for hydroxylation is 1. The van der Waals surface area contributed by atoms with Crippen LogP contribution in [0.1, 0.15) is 24.5 Å². The summed E-state index contributed by atoms with van der Waals surface area (Å²) >= 11 is 6.27. The van der Waals surface area contributed by atoms with Crippen molar-refractivity contribution in [1.82, 2.24) is 4.90 Å². The highest BCUT2D eigenvalue weighted by Gasteiger charge is 2.37. The number of aliphatic carboxylic acids is 1. The number of carboxylic acid groups (broad SMARTS) is 1. The van der Waals surface area contributed by atoms with Gasteiger partial charge in [-0.3, -0.25) is 9.69 Å². The molecule has 0 bridgehead atoms. The van der Waals surface area contributed by atoms with Gasteiger partial charge in [0.05, 0.1) is 16.9 Å². The van der Waals surface area contributed by atoms with E-state index in [1.807, 2.05) is 31.2 Å². The van der Waals surface area contributed by atoms with Crippen LogP contribution in [0.4, 0.5) is 0 Å². The summed E-state index contributed by atoms with van der Waals surface area (Å²) in [4.78, 5) is 25.1. The molecule has 0 aromatic heterocycles. The lowest BCUT2D eigenvalue weighted by Gasteiger charge is -2.26. The van der Waals surface area contributed by atoms with Crippen LogP contribution in [0.3, 0.4) is 0 Å². The Hall–Kier alpha value is -1.66. The largest absolute Gasteiger partial charge is 0.548 e. The zero-order chi connectivity index (χ0) is 15.6. The third-order valence-corrected chi connectivity index (χ3v) is 4.60. The molecule has 1 aromatic carbocycles. The third-order valence-electron chi connectivity index (χ3n) is 3.27. The van der Waals surface area contributed by atoms with Crippen LogP contribution < -0.4 is 5.11 Å². The molecule has 1 atom stereocenters. The molecule has 0 unspecified atom stereocenters. The van der Waals surface area contributed by atoms with Crippen molar-refractivity contribution in [3.63, 3.8) is 0 Å². The molecule has 2 rings (SSSR count). The summed E-state index contributed by atoms with van der Waals surface area (Å²) in [7, 11) is 0. The van der Waals surface area contributed by atoms with E-state index >= 15 is 0 Å². The number of carbonyl (C=O) groups is 2. The first-order chi connectivity index (χ1) is 9.95. The molecule has 0 spiro atoms. The van der Waals surface area contributed by atoms with E-state index in [9.17, 15) is 14.7 Å². The van der Waals surface area contributed by atoms with Gasteiger partial charge in [0.1, 0.15) is 4.32 Å². The highest BCUT2D eigenvalue weighted by molar-refractivity contribution is 8.26. The van der Waals surface area contributed by atoms with Gasteiger partial charge in [-0.1, -0.05) is 55.2 Å². The van der Waals surface area contributed by atoms with Gasteiger partial charge in [0.15, 0.2) is 0 Å². The minimum atomic E-state index is -1.29. The summed E-state index contributed by atoms with van der Waals surface area (Å²) in [6, 6.07) is 6.64. The number of thioether (sulfide) groups is 1. The Labute approximate surface area is 132 Å². The van der Waals surface area contributed by atoms with Gasteiger partial charge in [0.25, 0.3) is 5.91 Å². The van der Waals surface area contributed by atoms with Gasteiger partial charge in [0, 0.05) is 0 Å². The molecule has 1 aliphatic rings. The molecule has 4 nitrogen and oxygen atoms in total. The molecular weight excluding hydrogens is 306 g/mol. The average Bonchev–Trinajstić information content (AvgIpc) is 2.70. The molecule has 1 aromatic rings. The Morgan fingerprint density at radius 3 is 2.71 bits per heavy atom. The first-order valence-corrected chi connectivity index (χ1v) is 7.71. The summed E-state index contributed by atoms with van der Waals surface area (Å²) in [5.41, 5.74) is 1.95. The van der Waals surface area contributed by atoms with Crippen molar-refractivity contribution < 1.29 is 14.7 Å². The van der Waals surface area contributed by atoms with Gasteiger partial charge < -0.3 is 9.90 Å². The van der Waals surface area contributed by atoms with Crippen LogP contribution in [0.2, 0.25) is 0 Å². The summed E-state index contributed by atoms with van der Waals surface area (Å²) in [5, 5.41) is 11.1. The smallest absolute Gasteiger partial charge is 0.266 e. The van der Waals surface area contributed by atoms with Crippen LogP contribution in [0.25, 0.3) is 6.08 Å². The van der Waals surface area contributed by atoms with Crippen molar-refractivity contribution in [2.24, 2.45) is 0 Å². The van der Waals surface area contributed by atoms with Crippen molar-refractivity contribution in [3.8, 4) is 0 Å². The topological polar surface area (TPSA) is 60.4 Å². The van der Waals surface area contributed by atoms with Crippen LogP contribution in [0.15, 0.2) is 29.2 Å². The summed E-state index contributed by atoms with van der Waals surface area (Å²) in [5.74, 6) is -1.66. The number of hydrogen-bond acceptors (Lipinski definition) is 5. The van der Waals surface area contributed by atoms with Crippen LogP contribution in [-0.2, 0) is 9.59 Å². The molecule has 110 valence electrons. The van der Waals surface area contributed by atoms with Crippen LogP contribution >= 0.6 is 24.0 Å². The normalized spacial score (nSPS) is 18.4. The number of thiocarbonyl (C=S) groups is 1. The number of carboxylic acids is 1. The van der Waals surface area contributed by atoms with E-state index in [0.29, 0.717) is 4.91 Å². The van der Waals surface area contributed by atoms with Gasteiger partial charge in [-0.15, -0.1) is 0 Å². The highest BCUT2D eigenvalue weighted by Crippen LogP contribution is 2.34. The standard InChI is InChI=1S/C15H15NO3S2/c1-3-11(14(18)19)16-13(17)12(21-15(16)20)8-10-7-5-4-6-9(10)2/h4-8,11H,3H2,1-2H3,(H,18,19)/p-1/b12-8-/t11-/m0/s1. The molecule has 1 heterocycles. The van der Waals surface area contributed by atoms with Crippen molar-refractivity contribution in [3.05, 3.63) is 40.3 Å². The van der Waals surface area contributed by atoms with Gasteiger partial charge in [-0.05, 0) is 30.5 Å². The van der Waals surface area contributed by atoms with E-state index in [1.54, 1.807) is 13.0 Å². The average molecular weight is 320 g/mol. The molecule has 0 N–H and O–H groups in total. The fraction of sp³-hybridized carbons (Fsp3) is 0.267. The Kier molecular flexibility index (Phi) is 4.80. The lowest BCUT2D eigenvalue weighted by molar-refractivity contribution is -0.310. The van der Waals surface area contributed by atoms with E-state index in [2.05, 4.69) is 0 Å². The van der Waals surface area contributed by atoms with Gasteiger partial charge in [-0.2, -0.15) is 0 Å². The fourth-order valence-electron chi connectivity index (χ4n) is 2.09. The maximum absolute atomic E-state index is 12.4. The van der Waals surface area contributed by atoms with E-state index < -0.39 is 12.0 Å². The number of benzene rings is 1. The van der Waals surface area contributed by atoms with Crippen molar-refractivity contribution in [2.75, 3.05) is 0 Å². The molecule has 1 aliphatic heterocycles. The Balaban J connectivity index is 2.34. The molecule has 0 aliphatic carbocycles. The Bertz CT molecular complexity index is 640. The number of rotatable bonds is 4. The monoisotopic (exact) mass is 320 g/mol. The SMILES string of the molecule is CC[C@@H](C(=O)[O-])N1C(=O)/C(=C/c2ccccc2C)SC1=S. The van der Waals surface area contributed by atoms with E-state index in [4.69, 9.17) is 12.2 Å². The zero-order valence-electron chi connectivity index (χ0n) is 11.7. The summed E-state index contributed by atoms with van der Waals surface area (Å²) < 4.78 is 0.260. The molecule has 0 radical (unpaired) electrons. The predicted octanol–water partition coefficient (Wildman–Crippen LogP) is 1.72. The van der Waals surface area contributed by atoms with Crippen LogP contribution in [0.5, 0.6) is 0 Å².